The molecule has 3 N–H and O–H groups in total. The van der Waals surface area contributed by atoms with Crippen molar-refractivity contribution in [3.63, 3.8) is 0 Å². The van der Waals surface area contributed by atoms with Crippen molar-refractivity contribution in [2.75, 3.05) is 10.6 Å². The van der Waals surface area contributed by atoms with Crippen molar-refractivity contribution in [1.29, 1.82) is 0 Å². The van der Waals surface area contributed by atoms with Gasteiger partial charge in [0.25, 0.3) is 0 Å². The summed E-state index contributed by atoms with van der Waals surface area (Å²) >= 11 is 0. The maximum Gasteiger partial charge on any atom is 0.313 e. The highest BCUT2D eigenvalue weighted by Gasteiger charge is 2.51. The minimum Gasteiger partial charge on any atom is -0.342 e. The molecule has 4 bridgehead atoms. The third kappa shape index (κ3) is 3.45. The van der Waals surface area contributed by atoms with E-state index in [9.17, 15) is 14.4 Å². The molecule has 4 aliphatic carbocycles. The summed E-state index contributed by atoms with van der Waals surface area (Å²) in [5.74, 6) is 0.811. The average Bonchev–Trinajstić information content (AvgIpc) is 2.54. The quantitative estimate of drug-likeness (QED) is 0.729. The number of carbonyl (C=O) groups excluding carboxylic acids is 3. The molecule has 0 aliphatic heterocycles. The molecule has 0 spiro atoms. The van der Waals surface area contributed by atoms with E-state index in [0.717, 1.165) is 19.3 Å². The Labute approximate surface area is 153 Å². The number of hydrogen-bond donors (Lipinski definition) is 3. The second kappa shape index (κ2) is 6.41. The van der Waals surface area contributed by atoms with Gasteiger partial charge in [0, 0.05) is 23.8 Å². The second-order valence-corrected chi connectivity index (χ2v) is 8.36. The van der Waals surface area contributed by atoms with E-state index in [1.165, 1.54) is 26.2 Å². The van der Waals surface area contributed by atoms with Gasteiger partial charge >= 0.3 is 11.8 Å². The zero-order valence-electron chi connectivity index (χ0n) is 15.0. The second-order valence-electron chi connectivity index (χ2n) is 8.36. The number of amides is 3. The number of carbonyl (C=O) groups is 3. The molecule has 1 aromatic carbocycles. The Kier molecular flexibility index (Phi) is 4.21. The summed E-state index contributed by atoms with van der Waals surface area (Å²) in [5.41, 5.74) is 1.01. The van der Waals surface area contributed by atoms with Crippen LogP contribution in [0.2, 0.25) is 0 Å². The molecule has 0 unspecified atom stereocenters. The van der Waals surface area contributed by atoms with E-state index in [1.807, 2.05) is 0 Å². The van der Waals surface area contributed by atoms with Crippen molar-refractivity contribution >= 4 is 29.1 Å². The molecule has 0 radical (unpaired) electrons. The monoisotopic (exact) mass is 355 g/mol. The van der Waals surface area contributed by atoms with Crippen LogP contribution in [0.4, 0.5) is 11.4 Å². The topological polar surface area (TPSA) is 87.3 Å². The predicted molar refractivity (Wildman–Crippen MR) is 98.4 cm³/mol. The molecular weight excluding hydrogens is 330 g/mol. The van der Waals surface area contributed by atoms with Gasteiger partial charge in [0.2, 0.25) is 5.91 Å². The van der Waals surface area contributed by atoms with Gasteiger partial charge in [-0.25, -0.2) is 0 Å². The maximum atomic E-state index is 12.5. The zero-order chi connectivity index (χ0) is 18.3. The summed E-state index contributed by atoms with van der Waals surface area (Å²) in [6, 6.07) is 6.71. The third-order valence-electron chi connectivity index (χ3n) is 6.09. The molecule has 0 saturated heterocycles. The lowest BCUT2D eigenvalue weighted by molar-refractivity contribution is -0.139. The van der Waals surface area contributed by atoms with E-state index in [1.54, 1.807) is 24.3 Å². The van der Waals surface area contributed by atoms with Crippen LogP contribution in [0.5, 0.6) is 0 Å². The van der Waals surface area contributed by atoms with Gasteiger partial charge < -0.3 is 16.0 Å². The average molecular weight is 355 g/mol. The Morgan fingerprint density at radius 1 is 0.808 bits per heavy atom. The SMILES string of the molecule is CC(=O)Nc1ccc(NC(=O)C(=O)NC23CC4CC(CC(C4)C2)C3)cc1. The molecule has 6 heteroatoms. The number of rotatable bonds is 3. The molecule has 0 atom stereocenters. The van der Waals surface area contributed by atoms with E-state index < -0.39 is 11.8 Å². The summed E-state index contributed by atoms with van der Waals surface area (Å²) in [6.07, 6.45) is 6.93. The Balaban J connectivity index is 1.36. The van der Waals surface area contributed by atoms with Crippen LogP contribution in [0.25, 0.3) is 0 Å². The van der Waals surface area contributed by atoms with Crippen LogP contribution in [0.1, 0.15) is 45.4 Å². The largest absolute Gasteiger partial charge is 0.342 e. The standard InChI is InChI=1S/C20H25N3O3/c1-12(24)21-16-2-4-17(5-3-16)22-18(25)19(26)23-20-9-13-6-14(10-20)8-15(7-13)11-20/h2-5,13-15H,6-11H2,1H3,(H,21,24)(H,22,25)(H,23,26). The number of hydrogen-bond acceptors (Lipinski definition) is 3. The van der Waals surface area contributed by atoms with Crippen LogP contribution in [0.15, 0.2) is 24.3 Å². The first kappa shape index (κ1) is 17.1. The van der Waals surface area contributed by atoms with Gasteiger partial charge in [-0.1, -0.05) is 0 Å². The highest BCUT2D eigenvalue weighted by molar-refractivity contribution is 6.39. The minimum absolute atomic E-state index is 0.156. The first-order valence-electron chi connectivity index (χ1n) is 9.42. The summed E-state index contributed by atoms with van der Waals surface area (Å²) < 4.78 is 0. The van der Waals surface area contributed by atoms with Crippen molar-refractivity contribution in [3.8, 4) is 0 Å². The molecule has 5 rings (SSSR count). The molecule has 3 amide bonds. The molecule has 6 nitrogen and oxygen atoms in total. The molecule has 26 heavy (non-hydrogen) atoms. The third-order valence-corrected chi connectivity index (χ3v) is 6.09. The van der Waals surface area contributed by atoms with Gasteiger partial charge in [0.1, 0.15) is 0 Å². The van der Waals surface area contributed by atoms with Crippen LogP contribution >= 0.6 is 0 Å². The summed E-state index contributed by atoms with van der Waals surface area (Å²) in [4.78, 5) is 35.8. The Morgan fingerprint density at radius 2 is 1.27 bits per heavy atom. The summed E-state index contributed by atoms with van der Waals surface area (Å²) in [6.45, 7) is 1.43. The van der Waals surface area contributed by atoms with Gasteiger partial charge in [-0.3, -0.25) is 14.4 Å². The fraction of sp³-hybridized carbons (Fsp3) is 0.550. The lowest BCUT2D eigenvalue weighted by Gasteiger charge is -2.56. The summed E-state index contributed by atoms with van der Waals surface area (Å²) in [7, 11) is 0. The van der Waals surface area contributed by atoms with Crippen LogP contribution in [-0.4, -0.2) is 23.3 Å². The molecule has 0 heterocycles. The van der Waals surface area contributed by atoms with Crippen molar-refractivity contribution in [1.82, 2.24) is 5.32 Å². The fourth-order valence-electron chi connectivity index (χ4n) is 5.59. The van der Waals surface area contributed by atoms with Crippen LogP contribution in [0, 0.1) is 17.8 Å². The molecule has 4 fully saturated rings. The van der Waals surface area contributed by atoms with E-state index >= 15 is 0 Å². The fourth-order valence-corrected chi connectivity index (χ4v) is 5.59. The molecule has 4 saturated carbocycles. The smallest absolute Gasteiger partial charge is 0.313 e. The first-order valence-corrected chi connectivity index (χ1v) is 9.42. The van der Waals surface area contributed by atoms with Crippen molar-refractivity contribution in [3.05, 3.63) is 24.3 Å². The molecule has 4 aliphatic rings. The zero-order valence-corrected chi connectivity index (χ0v) is 15.0. The Bertz CT molecular complexity index is 706. The Morgan fingerprint density at radius 3 is 1.73 bits per heavy atom. The highest BCUT2D eigenvalue weighted by atomic mass is 16.2. The molecule has 1 aromatic rings. The van der Waals surface area contributed by atoms with Gasteiger partial charge in [-0.05, 0) is 80.5 Å². The normalized spacial score (nSPS) is 31.3. The van der Waals surface area contributed by atoms with Crippen LogP contribution in [-0.2, 0) is 14.4 Å². The minimum atomic E-state index is -0.631. The van der Waals surface area contributed by atoms with Gasteiger partial charge in [-0.2, -0.15) is 0 Å². The lowest BCUT2D eigenvalue weighted by atomic mass is 9.53. The van der Waals surface area contributed by atoms with Crippen LogP contribution < -0.4 is 16.0 Å². The van der Waals surface area contributed by atoms with Crippen molar-refractivity contribution < 1.29 is 14.4 Å². The van der Waals surface area contributed by atoms with Crippen molar-refractivity contribution in [2.45, 2.75) is 51.0 Å². The highest BCUT2D eigenvalue weighted by Crippen LogP contribution is 2.55. The van der Waals surface area contributed by atoms with Gasteiger partial charge in [0.15, 0.2) is 0 Å². The van der Waals surface area contributed by atoms with Gasteiger partial charge in [0.05, 0.1) is 0 Å². The molecule has 0 aromatic heterocycles. The Hall–Kier alpha value is -2.37. The predicted octanol–water partition coefficient (Wildman–Crippen LogP) is 2.67. The number of nitrogens with one attached hydrogen (secondary N) is 3. The number of benzene rings is 1. The molecular formula is C20H25N3O3. The van der Waals surface area contributed by atoms with Gasteiger partial charge in [-0.15, -0.1) is 0 Å². The van der Waals surface area contributed by atoms with E-state index in [4.69, 9.17) is 0 Å². The lowest BCUT2D eigenvalue weighted by Crippen LogP contribution is -2.61. The number of anilines is 2. The van der Waals surface area contributed by atoms with E-state index in [0.29, 0.717) is 29.1 Å². The first-order chi connectivity index (χ1) is 12.4. The van der Waals surface area contributed by atoms with Crippen molar-refractivity contribution in [2.24, 2.45) is 17.8 Å². The van der Waals surface area contributed by atoms with Crippen LogP contribution in [0.3, 0.4) is 0 Å². The summed E-state index contributed by atoms with van der Waals surface area (Å²) in [5, 5.41) is 8.38. The van der Waals surface area contributed by atoms with E-state index in [-0.39, 0.29) is 11.4 Å². The maximum absolute atomic E-state index is 12.5. The van der Waals surface area contributed by atoms with E-state index in [2.05, 4.69) is 16.0 Å². The molecule has 138 valence electrons.